The number of hydrogen-bond acceptors (Lipinski definition) is 3. The topological polar surface area (TPSA) is 38.0 Å². The molecule has 0 saturated heterocycles. The number of aliphatic hydroxyl groups is 1. The molecule has 0 saturated carbocycles. The lowest BCUT2D eigenvalue weighted by atomic mass is 10.2. The Balaban J connectivity index is 2.40. The fraction of sp³-hybridized carbons (Fsp3) is 0.364. The Kier molecular flexibility index (Phi) is 3.33. The predicted octanol–water partition coefficient (Wildman–Crippen LogP) is 3.01. The van der Waals surface area contributed by atoms with Gasteiger partial charge in [0.1, 0.15) is 6.10 Å². The van der Waals surface area contributed by atoms with Crippen molar-refractivity contribution in [3.05, 3.63) is 38.8 Å². The van der Waals surface area contributed by atoms with Crippen molar-refractivity contribution in [1.29, 1.82) is 0 Å². The van der Waals surface area contributed by atoms with E-state index < -0.39 is 6.10 Å². The average molecular weight is 257 g/mol. The molecule has 0 amide bonds. The van der Waals surface area contributed by atoms with E-state index >= 15 is 0 Å². The highest BCUT2D eigenvalue weighted by Gasteiger charge is 2.20. The summed E-state index contributed by atoms with van der Waals surface area (Å²) < 4.78 is 1.72. The third-order valence-electron chi connectivity index (χ3n) is 2.42. The first-order chi connectivity index (χ1) is 7.63. The van der Waals surface area contributed by atoms with Crippen molar-refractivity contribution in [1.82, 2.24) is 9.78 Å². The van der Waals surface area contributed by atoms with Gasteiger partial charge in [-0.2, -0.15) is 5.10 Å². The SMILES string of the molecule is CCn1ncc(Cl)c1C(O)c1ccc(C)s1. The summed E-state index contributed by atoms with van der Waals surface area (Å²) in [6, 6.07) is 3.91. The molecule has 5 heteroatoms. The number of hydrogen-bond donors (Lipinski definition) is 1. The molecule has 0 bridgehead atoms. The lowest BCUT2D eigenvalue weighted by molar-refractivity contribution is 0.212. The molecule has 16 heavy (non-hydrogen) atoms. The van der Waals surface area contributed by atoms with Crippen molar-refractivity contribution < 1.29 is 5.11 Å². The zero-order valence-electron chi connectivity index (χ0n) is 9.14. The highest BCUT2D eigenvalue weighted by atomic mass is 35.5. The number of aryl methyl sites for hydroxylation is 2. The Labute approximate surface area is 103 Å². The van der Waals surface area contributed by atoms with Gasteiger partial charge in [-0.1, -0.05) is 11.6 Å². The Morgan fingerprint density at radius 2 is 2.31 bits per heavy atom. The first-order valence-electron chi connectivity index (χ1n) is 5.09. The molecule has 0 radical (unpaired) electrons. The molecule has 1 N–H and O–H groups in total. The van der Waals surface area contributed by atoms with Crippen LogP contribution in [0.5, 0.6) is 0 Å². The zero-order valence-corrected chi connectivity index (χ0v) is 10.7. The second-order valence-electron chi connectivity index (χ2n) is 3.54. The first-order valence-corrected chi connectivity index (χ1v) is 6.28. The number of rotatable bonds is 3. The van der Waals surface area contributed by atoms with Gasteiger partial charge in [-0.25, -0.2) is 0 Å². The van der Waals surface area contributed by atoms with Crippen LogP contribution in [0.1, 0.15) is 28.5 Å². The van der Waals surface area contributed by atoms with Crippen LogP contribution in [0, 0.1) is 6.92 Å². The first kappa shape index (κ1) is 11.6. The smallest absolute Gasteiger partial charge is 0.131 e. The van der Waals surface area contributed by atoms with Gasteiger partial charge < -0.3 is 5.11 Å². The van der Waals surface area contributed by atoms with Crippen molar-refractivity contribution in [3.8, 4) is 0 Å². The summed E-state index contributed by atoms with van der Waals surface area (Å²) in [5.74, 6) is 0. The molecule has 3 nitrogen and oxygen atoms in total. The van der Waals surface area contributed by atoms with Gasteiger partial charge in [0, 0.05) is 16.3 Å². The van der Waals surface area contributed by atoms with Crippen LogP contribution in [-0.4, -0.2) is 14.9 Å². The summed E-state index contributed by atoms with van der Waals surface area (Å²) in [7, 11) is 0. The van der Waals surface area contributed by atoms with E-state index in [4.69, 9.17) is 11.6 Å². The van der Waals surface area contributed by atoms with E-state index in [9.17, 15) is 5.11 Å². The molecule has 2 aromatic rings. The summed E-state index contributed by atoms with van der Waals surface area (Å²) in [6.45, 7) is 4.68. The van der Waals surface area contributed by atoms with Crippen LogP contribution >= 0.6 is 22.9 Å². The summed E-state index contributed by atoms with van der Waals surface area (Å²) in [6.07, 6.45) is 0.887. The molecule has 0 aliphatic carbocycles. The minimum Gasteiger partial charge on any atom is -0.381 e. The average Bonchev–Trinajstić information content (AvgIpc) is 2.83. The van der Waals surface area contributed by atoms with Gasteiger partial charge in [0.25, 0.3) is 0 Å². The summed E-state index contributed by atoms with van der Waals surface area (Å²) in [5.41, 5.74) is 0.672. The van der Waals surface area contributed by atoms with Crippen LogP contribution in [0.3, 0.4) is 0 Å². The molecular formula is C11H13ClN2OS. The fourth-order valence-corrected chi connectivity index (χ4v) is 2.74. The van der Waals surface area contributed by atoms with Crippen LogP contribution in [0.15, 0.2) is 18.3 Å². The van der Waals surface area contributed by atoms with Crippen molar-refractivity contribution in [2.45, 2.75) is 26.5 Å². The van der Waals surface area contributed by atoms with Crippen molar-refractivity contribution in [2.75, 3.05) is 0 Å². The Bertz CT molecular complexity index is 492. The van der Waals surface area contributed by atoms with E-state index in [-0.39, 0.29) is 0 Å². The Morgan fingerprint density at radius 3 is 2.88 bits per heavy atom. The molecule has 2 rings (SSSR count). The van der Waals surface area contributed by atoms with E-state index in [1.54, 1.807) is 22.2 Å². The van der Waals surface area contributed by atoms with Gasteiger partial charge >= 0.3 is 0 Å². The highest BCUT2D eigenvalue weighted by molar-refractivity contribution is 7.12. The Morgan fingerprint density at radius 1 is 1.56 bits per heavy atom. The third-order valence-corrected chi connectivity index (χ3v) is 3.77. The van der Waals surface area contributed by atoms with E-state index in [0.29, 0.717) is 17.3 Å². The van der Waals surface area contributed by atoms with E-state index in [2.05, 4.69) is 5.10 Å². The molecule has 0 spiro atoms. The molecule has 0 fully saturated rings. The number of aliphatic hydroxyl groups excluding tert-OH is 1. The lowest BCUT2D eigenvalue weighted by Crippen LogP contribution is -2.08. The Hall–Kier alpha value is -0.840. The van der Waals surface area contributed by atoms with Crippen LogP contribution in [0.4, 0.5) is 0 Å². The summed E-state index contributed by atoms with van der Waals surface area (Å²) in [4.78, 5) is 2.07. The van der Waals surface area contributed by atoms with Crippen molar-refractivity contribution in [2.24, 2.45) is 0 Å². The van der Waals surface area contributed by atoms with Crippen molar-refractivity contribution in [3.63, 3.8) is 0 Å². The maximum Gasteiger partial charge on any atom is 0.131 e. The number of halogens is 1. The molecule has 1 atom stereocenters. The second-order valence-corrected chi connectivity index (χ2v) is 5.27. The molecular weight excluding hydrogens is 244 g/mol. The van der Waals surface area contributed by atoms with E-state index in [1.165, 1.54) is 4.88 Å². The normalized spacial score (nSPS) is 13.0. The van der Waals surface area contributed by atoms with Gasteiger partial charge in [0.15, 0.2) is 0 Å². The van der Waals surface area contributed by atoms with Gasteiger partial charge in [0.2, 0.25) is 0 Å². The maximum atomic E-state index is 10.3. The minimum atomic E-state index is -0.686. The van der Waals surface area contributed by atoms with E-state index in [0.717, 1.165) is 4.88 Å². The largest absolute Gasteiger partial charge is 0.381 e. The molecule has 0 aliphatic rings. The van der Waals surface area contributed by atoms with Crippen LogP contribution in [-0.2, 0) is 6.54 Å². The van der Waals surface area contributed by atoms with Gasteiger partial charge in [-0.15, -0.1) is 11.3 Å². The maximum absolute atomic E-state index is 10.3. The molecule has 2 heterocycles. The van der Waals surface area contributed by atoms with Gasteiger partial charge in [-0.05, 0) is 26.0 Å². The number of thiophene rings is 1. The third kappa shape index (κ3) is 2.00. The fourth-order valence-electron chi connectivity index (χ4n) is 1.63. The molecule has 0 aliphatic heterocycles. The lowest BCUT2D eigenvalue weighted by Gasteiger charge is -2.11. The van der Waals surface area contributed by atoms with Gasteiger partial charge in [-0.3, -0.25) is 4.68 Å². The van der Waals surface area contributed by atoms with Crippen LogP contribution in [0.25, 0.3) is 0 Å². The van der Waals surface area contributed by atoms with Crippen molar-refractivity contribution >= 4 is 22.9 Å². The standard InChI is InChI=1S/C11H13ClN2OS/c1-3-14-10(8(12)6-13-14)11(15)9-5-4-7(2)16-9/h4-6,11,15H,3H2,1-2H3. The van der Waals surface area contributed by atoms with Crippen LogP contribution in [0.2, 0.25) is 5.02 Å². The molecule has 1 unspecified atom stereocenters. The van der Waals surface area contributed by atoms with Gasteiger partial charge in [0.05, 0.1) is 16.9 Å². The highest BCUT2D eigenvalue weighted by Crippen LogP contribution is 2.31. The second kappa shape index (κ2) is 4.57. The number of aromatic nitrogens is 2. The van der Waals surface area contributed by atoms with Crippen LogP contribution < -0.4 is 0 Å². The summed E-state index contributed by atoms with van der Waals surface area (Å²) in [5, 5.41) is 14.9. The summed E-state index contributed by atoms with van der Waals surface area (Å²) >= 11 is 7.61. The monoisotopic (exact) mass is 256 g/mol. The number of nitrogens with zero attached hydrogens (tertiary/aromatic N) is 2. The molecule has 2 aromatic heterocycles. The predicted molar refractivity (Wildman–Crippen MR) is 66.0 cm³/mol. The molecule has 86 valence electrons. The van der Waals surface area contributed by atoms with E-state index in [1.807, 2.05) is 26.0 Å². The quantitative estimate of drug-likeness (QED) is 0.917. The zero-order chi connectivity index (χ0) is 11.7. The molecule has 0 aromatic carbocycles. The minimum absolute atomic E-state index is 0.514.